The van der Waals surface area contributed by atoms with Crippen molar-refractivity contribution in [3.05, 3.63) is 46.2 Å². The van der Waals surface area contributed by atoms with Crippen molar-refractivity contribution in [2.24, 2.45) is 7.05 Å². The van der Waals surface area contributed by atoms with Crippen LogP contribution in [0.3, 0.4) is 0 Å². The molecule has 110 valence electrons. The number of methoxy groups -OCH3 is 2. The first kappa shape index (κ1) is 15.3. The van der Waals surface area contributed by atoms with Crippen LogP contribution in [-0.2, 0) is 7.05 Å². The summed E-state index contributed by atoms with van der Waals surface area (Å²) >= 11 is 3.31. The maximum atomic E-state index is 12.2. The van der Waals surface area contributed by atoms with E-state index in [4.69, 9.17) is 9.47 Å². The molecule has 2 aromatic rings. The van der Waals surface area contributed by atoms with Crippen molar-refractivity contribution in [1.82, 2.24) is 9.78 Å². The van der Waals surface area contributed by atoms with Gasteiger partial charge in [-0.2, -0.15) is 5.10 Å². The molecule has 0 aliphatic heterocycles. The second kappa shape index (κ2) is 6.58. The van der Waals surface area contributed by atoms with Crippen molar-refractivity contribution in [3.8, 4) is 11.5 Å². The Balaban J connectivity index is 2.27. The van der Waals surface area contributed by atoms with E-state index in [0.29, 0.717) is 21.7 Å². The largest absolute Gasteiger partial charge is 0.497 e. The van der Waals surface area contributed by atoms with Gasteiger partial charge in [-0.05, 0) is 40.2 Å². The Morgan fingerprint density at radius 1 is 1.33 bits per heavy atom. The molecular formula is C15H15BrN2O3. The molecule has 1 aromatic carbocycles. The van der Waals surface area contributed by atoms with E-state index in [2.05, 4.69) is 21.0 Å². The Morgan fingerprint density at radius 3 is 2.67 bits per heavy atom. The van der Waals surface area contributed by atoms with E-state index >= 15 is 0 Å². The number of halogens is 1. The van der Waals surface area contributed by atoms with Gasteiger partial charge in [-0.3, -0.25) is 9.48 Å². The number of nitrogens with zero attached hydrogens (tertiary/aromatic N) is 2. The minimum Gasteiger partial charge on any atom is -0.497 e. The normalized spacial score (nSPS) is 10.9. The number of allylic oxidation sites excluding steroid dienone is 1. The zero-order chi connectivity index (χ0) is 15.4. The number of hydrogen-bond donors (Lipinski definition) is 0. The van der Waals surface area contributed by atoms with Crippen LogP contribution >= 0.6 is 15.9 Å². The van der Waals surface area contributed by atoms with E-state index in [1.165, 1.54) is 10.8 Å². The van der Waals surface area contributed by atoms with Crippen LogP contribution in [0.25, 0.3) is 6.08 Å². The lowest BCUT2D eigenvalue weighted by Crippen LogP contribution is -2.04. The average Bonchev–Trinajstić information content (AvgIpc) is 2.83. The maximum absolute atomic E-state index is 12.2. The van der Waals surface area contributed by atoms with Crippen LogP contribution in [0.2, 0.25) is 0 Å². The molecule has 0 N–H and O–H groups in total. The van der Waals surface area contributed by atoms with Gasteiger partial charge >= 0.3 is 0 Å². The summed E-state index contributed by atoms with van der Waals surface area (Å²) in [6.07, 6.45) is 4.79. The van der Waals surface area contributed by atoms with Gasteiger partial charge in [-0.15, -0.1) is 0 Å². The van der Waals surface area contributed by atoms with Crippen LogP contribution in [0, 0.1) is 0 Å². The molecular weight excluding hydrogens is 336 g/mol. The second-order valence-corrected chi connectivity index (χ2v) is 5.12. The molecule has 2 rings (SSSR count). The summed E-state index contributed by atoms with van der Waals surface area (Å²) in [6, 6.07) is 5.41. The number of benzene rings is 1. The minimum atomic E-state index is -0.139. The van der Waals surface area contributed by atoms with Crippen molar-refractivity contribution in [2.45, 2.75) is 0 Å². The molecule has 21 heavy (non-hydrogen) atoms. The molecule has 0 amide bonds. The zero-order valence-electron chi connectivity index (χ0n) is 12.0. The smallest absolute Gasteiger partial charge is 0.205 e. The molecule has 0 fully saturated rings. The number of carbonyl (C=O) groups is 1. The second-order valence-electron chi connectivity index (χ2n) is 4.27. The Bertz CT molecular complexity index is 673. The molecule has 0 radical (unpaired) electrons. The molecule has 0 aliphatic carbocycles. The highest BCUT2D eigenvalue weighted by atomic mass is 79.9. The summed E-state index contributed by atoms with van der Waals surface area (Å²) in [5.74, 6) is 1.20. The van der Waals surface area contributed by atoms with E-state index in [9.17, 15) is 4.79 Å². The standard InChI is InChI=1S/C15H15BrN2O3/c1-18-15(12(16)9-17-18)13(19)7-5-10-4-6-11(20-2)8-14(10)21-3/h4-9H,1-3H3/b7-5+. The minimum absolute atomic E-state index is 0.139. The van der Waals surface area contributed by atoms with E-state index in [1.807, 2.05) is 12.1 Å². The number of hydrogen-bond acceptors (Lipinski definition) is 4. The predicted octanol–water partition coefficient (Wildman–Crippen LogP) is 3.10. The Hall–Kier alpha value is -2.08. The highest BCUT2D eigenvalue weighted by molar-refractivity contribution is 9.10. The number of ketones is 1. The first-order valence-electron chi connectivity index (χ1n) is 6.18. The molecule has 1 heterocycles. The van der Waals surface area contributed by atoms with Crippen LogP contribution < -0.4 is 9.47 Å². The van der Waals surface area contributed by atoms with Gasteiger partial charge in [-0.1, -0.05) is 0 Å². The number of ether oxygens (including phenoxy) is 2. The van der Waals surface area contributed by atoms with Gasteiger partial charge < -0.3 is 9.47 Å². The molecule has 0 saturated carbocycles. The Kier molecular flexibility index (Phi) is 4.80. The lowest BCUT2D eigenvalue weighted by Gasteiger charge is -2.07. The summed E-state index contributed by atoms with van der Waals surface area (Å²) in [4.78, 5) is 12.2. The van der Waals surface area contributed by atoms with Gasteiger partial charge in [0.15, 0.2) is 0 Å². The molecule has 5 nitrogen and oxygen atoms in total. The molecule has 6 heteroatoms. The highest BCUT2D eigenvalue weighted by Gasteiger charge is 2.12. The third-order valence-corrected chi connectivity index (χ3v) is 3.56. The van der Waals surface area contributed by atoms with E-state index in [-0.39, 0.29) is 5.78 Å². The van der Waals surface area contributed by atoms with Gasteiger partial charge in [0, 0.05) is 18.7 Å². The quantitative estimate of drug-likeness (QED) is 0.614. The topological polar surface area (TPSA) is 53.3 Å². The molecule has 0 bridgehead atoms. The van der Waals surface area contributed by atoms with Crippen molar-refractivity contribution in [1.29, 1.82) is 0 Å². The van der Waals surface area contributed by atoms with Crippen molar-refractivity contribution in [2.75, 3.05) is 14.2 Å². The first-order valence-corrected chi connectivity index (χ1v) is 6.98. The van der Waals surface area contributed by atoms with Crippen LogP contribution in [0.1, 0.15) is 16.1 Å². The van der Waals surface area contributed by atoms with Crippen LogP contribution in [-0.4, -0.2) is 29.8 Å². The highest BCUT2D eigenvalue weighted by Crippen LogP contribution is 2.26. The molecule has 1 aromatic heterocycles. The molecule has 0 unspecified atom stereocenters. The third kappa shape index (κ3) is 3.33. The summed E-state index contributed by atoms with van der Waals surface area (Å²) in [6.45, 7) is 0. The summed E-state index contributed by atoms with van der Waals surface area (Å²) < 4.78 is 12.6. The third-order valence-electron chi connectivity index (χ3n) is 2.98. The fraction of sp³-hybridized carbons (Fsp3) is 0.200. The zero-order valence-corrected chi connectivity index (χ0v) is 13.5. The summed E-state index contributed by atoms with van der Waals surface area (Å²) in [5.41, 5.74) is 1.30. The SMILES string of the molecule is COc1ccc(/C=C/C(=O)c2c(Br)cnn2C)c(OC)c1. The van der Waals surface area contributed by atoms with Gasteiger partial charge in [0.25, 0.3) is 0 Å². The molecule has 0 saturated heterocycles. The van der Waals surface area contributed by atoms with Crippen LogP contribution in [0.5, 0.6) is 11.5 Å². The fourth-order valence-corrected chi connectivity index (χ4v) is 2.43. The monoisotopic (exact) mass is 350 g/mol. The molecule has 0 spiro atoms. The lowest BCUT2D eigenvalue weighted by atomic mass is 10.1. The summed E-state index contributed by atoms with van der Waals surface area (Å²) in [5, 5.41) is 4.02. The first-order chi connectivity index (χ1) is 10.1. The molecule has 0 aliphatic rings. The van der Waals surface area contributed by atoms with E-state index in [1.54, 1.807) is 39.6 Å². The number of aromatic nitrogens is 2. The van der Waals surface area contributed by atoms with Crippen LogP contribution in [0.15, 0.2) is 34.9 Å². The molecule has 0 atom stereocenters. The van der Waals surface area contributed by atoms with Crippen molar-refractivity contribution in [3.63, 3.8) is 0 Å². The van der Waals surface area contributed by atoms with Gasteiger partial charge in [-0.25, -0.2) is 0 Å². The van der Waals surface area contributed by atoms with Crippen molar-refractivity contribution < 1.29 is 14.3 Å². The number of aryl methyl sites for hydroxylation is 1. The van der Waals surface area contributed by atoms with Gasteiger partial charge in [0.05, 0.1) is 24.9 Å². The summed E-state index contributed by atoms with van der Waals surface area (Å²) in [7, 11) is 4.89. The lowest BCUT2D eigenvalue weighted by molar-refractivity contribution is 0.103. The van der Waals surface area contributed by atoms with E-state index < -0.39 is 0 Å². The maximum Gasteiger partial charge on any atom is 0.205 e. The van der Waals surface area contributed by atoms with Gasteiger partial charge in [0.2, 0.25) is 5.78 Å². The average molecular weight is 351 g/mol. The number of carbonyl (C=O) groups excluding carboxylic acids is 1. The van der Waals surface area contributed by atoms with Crippen LogP contribution in [0.4, 0.5) is 0 Å². The fourth-order valence-electron chi connectivity index (χ4n) is 1.89. The predicted molar refractivity (Wildman–Crippen MR) is 83.8 cm³/mol. The van der Waals surface area contributed by atoms with Gasteiger partial charge in [0.1, 0.15) is 17.2 Å². The number of rotatable bonds is 5. The van der Waals surface area contributed by atoms with E-state index in [0.717, 1.165) is 5.56 Å². The van der Waals surface area contributed by atoms with Crippen molar-refractivity contribution >= 4 is 27.8 Å². The Labute approximate surface area is 131 Å². The Morgan fingerprint density at radius 2 is 2.10 bits per heavy atom.